The molecule has 1 fully saturated rings. The fourth-order valence-corrected chi connectivity index (χ4v) is 4.97. The van der Waals surface area contributed by atoms with Gasteiger partial charge in [0.1, 0.15) is 11.4 Å². The van der Waals surface area contributed by atoms with Gasteiger partial charge in [-0.15, -0.1) is 11.3 Å². The molecule has 0 aliphatic carbocycles. The minimum atomic E-state index is -0.127. The van der Waals surface area contributed by atoms with E-state index < -0.39 is 0 Å². The van der Waals surface area contributed by atoms with E-state index in [-0.39, 0.29) is 5.91 Å². The van der Waals surface area contributed by atoms with E-state index in [2.05, 4.69) is 32.2 Å². The van der Waals surface area contributed by atoms with Crippen LogP contribution in [0.3, 0.4) is 0 Å². The molecule has 34 heavy (non-hydrogen) atoms. The fraction of sp³-hybridized carbons (Fsp3) is 0.360. The molecule has 3 heterocycles. The maximum Gasteiger partial charge on any atom is 0.270 e. The van der Waals surface area contributed by atoms with E-state index in [1.54, 1.807) is 7.11 Å². The quantitative estimate of drug-likeness (QED) is 0.531. The first-order chi connectivity index (χ1) is 16.7. The minimum Gasteiger partial charge on any atom is -0.497 e. The highest BCUT2D eigenvalue weighted by Crippen LogP contribution is 2.33. The number of anilines is 1. The number of nitrogens with one attached hydrogen (secondary N) is 1. The molecular formula is C25H28N4O4S. The monoisotopic (exact) mass is 480 g/mol. The van der Waals surface area contributed by atoms with Crippen molar-refractivity contribution in [1.82, 2.24) is 15.2 Å². The maximum atomic E-state index is 12.5. The van der Waals surface area contributed by atoms with Crippen molar-refractivity contribution in [3.63, 3.8) is 0 Å². The number of fused-ring (bicyclic) bond motifs is 1. The van der Waals surface area contributed by atoms with Crippen molar-refractivity contribution >= 4 is 22.4 Å². The molecule has 5 rings (SSSR count). The number of amides is 1. The number of rotatable bonds is 8. The lowest BCUT2D eigenvalue weighted by molar-refractivity contribution is 0.0950. The summed E-state index contributed by atoms with van der Waals surface area (Å²) in [5, 5.41) is 5.72. The molecule has 2 aliphatic rings. The van der Waals surface area contributed by atoms with E-state index in [1.807, 2.05) is 35.7 Å². The van der Waals surface area contributed by atoms with Crippen LogP contribution in [0.2, 0.25) is 0 Å². The van der Waals surface area contributed by atoms with E-state index in [4.69, 9.17) is 14.2 Å². The van der Waals surface area contributed by atoms with Crippen LogP contribution in [-0.2, 0) is 13.0 Å². The standard InChI is InChI=1S/C25H28N4O4S/c1-31-20-5-2-18(3-6-20)8-9-26-24(30)21-16-34-25(27-21)29-12-10-28(11-13-29)15-19-4-7-22-23(14-19)33-17-32-22/h2-7,14,16H,8-13,15,17H2,1H3,(H,26,30). The molecule has 9 heteroatoms. The molecule has 1 aromatic heterocycles. The number of thiazole rings is 1. The molecule has 2 aliphatic heterocycles. The number of piperazine rings is 1. The molecule has 0 saturated carbocycles. The second-order valence-corrected chi connectivity index (χ2v) is 9.16. The Bertz CT molecular complexity index is 1130. The molecule has 1 amide bonds. The zero-order valence-electron chi connectivity index (χ0n) is 19.2. The number of ether oxygens (including phenoxy) is 3. The lowest BCUT2D eigenvalue weighted by Crippen LogP contribution is -2.46. The van der Waals surface area contributed by atoms with Crippen LogP contribution in [0.25, 0.3) is 0 Å². The number of aromatic nitrogens is 1. The number of benzene rings is 2. The lowest BCUT2D eigenvalue weighted by Gasteiger charge is -2.34. The maximum absolute atomic E-state index is 12.5. The third kappa shape index (κ3) is 5.26. The van der Waals surface area contributed by atoms with Gasteiger partial charge in [-0.25, -0.2) is 4.98 Å². The second kappa shape index (κ2) is 10.3. The average Bonchev–Trinajstić information content (AvgIpc) is 3.55. The van der Waals surface area contributed by atoms with Gasteiger partial charge in [-0.3, -0.25) is 9.69 Å². The summed E-state index contributed by atoms with van der Waals surface area (Å²) in [5.41, 5.74) is 2.86. The average molecular weight is 481 g/mol. The van der Waals surface area contributed by atoms with Gasteiger partial charge >= 0.3 is 0 Å². The molecule has 0 atom stereocenters. The smallest absolute Gasteiger partial charge is 0.270 e. The molecule has 0 unspecified atom stereocenters. The molecule has 1 N–H and O–H groups in total. The van der Waals surface area contributed by atoms with Crippen molar-refractivity contribution in [2.75, 3.05) is 51.5 Å². The Morgan fingerprint density at radius 1 is 1.06 bits per heavy atom. The van der Waals surface area contributed by atoms with E-state index in [0.29, 0.717) is 19.0 Å². The van der Waals surface area contributed by atoms with Gasteiger partial charge in [-0.05, 0) is 41.8 Å². The topological polar surface area (TPSA) is 76.2 Å². The SMILES string of the molecule is COc1ccc(CCNC(=O)c2csc(N3CCN(Cc4ccc5c(c4)OCO5)CC3)n2)cc1. The van der Waals surface area contributed by atoms with Crippen LogP contribution < -0.4 is 24.4 Å². The van der Waals surface area contributed by atoms with Gasteiger partial charge in [0.25, 0.3) is 5.91 Å². The van der Waals surface area contributed by atoms with Crippen LogP contribution in [0, 0.1) is 0 Å². The molecule has 178 valence electrons. The summed E-state index contributed by atoms with van der Waals surface area (Å²) in [4.78, 5) is 21.8. The second-order valence-electron chi connectivity index (χ2n) is 8.32. The first-order valence-electron chi connectivity index (χ1n) is 11.4. The Balaban J connectivity index is 1.08. The predicted molar refractivity (Wildman–Crippen MR) is 131 cm³/mol. The van der Waals surface area contributed by atoms with Crippen LogP contribution in [0.15, 0.2) is 47.8 Å². The minimum absolute atomic E-state index is 0.127. The van der Waals surface area contributed by atoms with Gasteiger partial charge < -0.3 is 24.4 Å². The molecule has 3 aromatic rings. The van der Waals surface area contributed by atoms with E-state index >= 15 is 0 Å². The van der Waals surface area contributed by atoms with Crippen LogP contribution in [-0.4, -0.2) is 62.4 Å². The van der Waals surface area contributed by atoms with Gasteiger partial charge in [0.15, 0.2) is 16.6 Å². The molecule has 0 bridgehead atoms. The summed E-state index contributed by atoms with van der Waals surface area (Å²) >= 11 is 1.53. The summed E-state index contributed by atoms with van der Waals surface area (Å²) in [6, 6.07) is 14.0. The normalized spacial score (nSPS) is 15.4. The third-order valence-corrected chi connectivity index (χ3v) is 6.97. The first-order valence-corrected chi connectivity index (χ1v) is 12.3. The fourth-order valence-electron chi connectivity index (χ4n) is 4.11. The van der Waals surface area contributed by atoms with Gasteiger partial charge in [0, 0.05) is 44.6 Å². The Kier molecular flexibility index (Phi) is 6.82. The van der Waals surface area contributed by atoms with Gasteiger partial charge in [0.2, 0.25) is 6.79 Å². The van der Waals surface area contributed by atoms with Crippen molar-refractivity contribution in [2.45, 2.75) is 13.0 Å². The Labute approximate surface area is 203 Å². The van der Waals surface area contributed by atoms with E-state index in [9.17, 15) is 4.79 Å². The van der Waals surface area contributed by atoms with Crippen LogP contribution in [0.1, 0.15) is 21.6 Å². The Hall–Kier alpha value is -3.30. The Morgan fingerprint density at radius 3 is 2.62 bits per heavy atom. The summed E-state index contributed by atoms with van der Waals surface area (Å²) < 4.78 is 16.1. The van der Waals surface area contributed by atoms with Crippen molar-refractivity contribution < 1.29 is 19.0 Å². The molecular weight excluding hydrogens is 452 g/mol. The Morgan fingerprint density at radius 2 is 1.82 bits per heavy atom. The van der Waals surface area contributed by atoms with Crippen LogP contribution >= 0.6 is 11.3 Å². The van der Waals surface area contributed by atoms with E-state index in [1.165, 1.54) is 16.9 Å². The number of carbonyl (C=O) groups excluding carboxylic acids is 1. The summed E-state index contributed by atoms with van der Waals surface area (Å²) in [6.45, 7) is 5.40. The number of methoxy groups -OCH3 is 1. The van der Waals surface area contributed by atoms with Crippen molar-refractivity contribution in [3.8, 4) is 17.2 Å². The summed E-state index contributed by atoms with van der Waals surface area (Å²) in [7, 11) is 1.65. The zero-order chi connectivity index (χ0) is 23.3. The van der Waals surface area contributed by atoms with Crippen molar-refractivity contribution in [3.05, 3.63) is 64.7 Å². The largest absolute Gasteiger partial charge is 0.497 e. The van der Waals surface area contributed by atoms with Crippen molar-refractivity contribution in [2.24, 2.45) is 0 Å². The molecule has 0 spiro atoms. The van der Waals surface area contributed by atoms with Crippen LogP contribution in [0.4, 0.5) is 5.13 Å². The molecule has 2 aromatic carbocycles. The highest BCUT2D eigenvalue weighted by Gasteiger charge is 2.22. The van der Waals surface area contributed by atoms with Crippen LogP contribution in [0.5, 0.6) is 17.2 Å². The number of hydrogen-bond acceptors (Lipinski definition) is 8. The molecule has 0 radical (unpaired) electrons. The van der Waals surface area contributed by atoms with Gasteiger partial charge in [-0.1, -0.05) is 18.2 Å². The lowest BCUT2D eigenvalue weighted by atomic mass is 10.1. The number of carbonyl (C=O) groups is 1. The summed E-state index contributed by atoms with van der Waals surface area (Å²) in [5.74, 6) is 2.35. The zero-order valence-corrected chi connectivity index (χ0v) is 20.0. The van der Waals surface area contributed by atoms with E-state index in [0.717, 1.165) is 67.1 Å². The van der Waals surface area contributed by atoms with Gasteiger partial charge in [-0.2, -0.15) is 0 Å². The molecule has 1 saturated heterocycles. The first kappa shape index (κ1) is 22.5. The van der Waals surface area contributed by atoms with Gasteiger partial charge in [0.05, 0.1) is 7.11 Å². The highest BCUT2D eigenvalue weighted by atomic mass is 32.1. The number of hydrogen-bond donors (Lipinski definition) is 1. The molecule has 8 nitrogen and oxygen atoms in total. The number of nitrogens with zero attached hydrogens (tertiary/aromatic N) is 3. The third-order valence-electron chi connectivity index (χ3n) is 6.07. The summed E-state index contributed by atoms with van der Waals surface area (Å²) in [6.07, 6.45) is 0.762. The highest BCUT2D eigenvalue weighted by molar-refractivity contribution is 7.13. The van der Waals surface area contributed by atoms with Crippen molar-refractivity contribution in [1.29, 1.82) is 0 Å². The predicted octanol–water partition coefficient (Wildman–Crippen LogP) is 3.18.